The van der Waals surface area contributed by atoms with Crippen LogP contribution < -0.4 is 10.1 Å². The first-order chi connectivity index (χ1) is 14.4. The number of rotatable bonds is 6. The van der Waals surface area contributed by atoms with Crippen LogP contribution in [0, 0.1) is 18.2 Å². The Hall–Kier alpha value is -3.28. The van der Waals surface area contributed by atoms with E-state index in [1.54, 1.807) is 12.1 Å². The normalized spacial score (nSPS) is 14.7. The van der Waals surface area contributed by atoms with Gasteiger partial charge in [0.2, 0.25) is 0 Å². The molecule has 2 aromatic carbocycles. The summed E-state index contributed by atoms with van der Waals surface area (Å²) in [7, 11) is 0. The van der Waals surface area contributed by atoms with E-state index in [1.165, 1.54) is 36.4 Å². The first-order valence-corrected chi connectivity index (χ1v) is 9.74. The molecule has 0 aliphatic carbocycles. The minimum atomic E-state index is -0.556. The second-order valence-corrected chi connectivity index (χ2v) is 7.38. The second-order valence-electron chi connectivity index (χ2n) is 5.98. The highest BCUT2D eigenvalue weighted by atomic mass is 35.5. The summed E-state index contributed by atoms with van der Waals surface area (Å²) >= 11 is 6.97. The van der Waals surface area contributed by atoms with Crippen LogP contribution in [0.15, 0.2) is 47.4 Å². The van der Waals surface area contributed by atoms with Crippen molar-refractivity contribution in [1.29, 1.82) is 0 Å². The van der Waals surface area contributed by atoms with Crippen LogP contribution in [0.4, 0.5) is 14.9 Å². The standard InChI is InChI=1S/C21H14ClFN2O4S/c1-2-9-25-20(27)18(30-21(25)28)11-13-7-8-17(14(22)10-13)29-12-19(26)24-16-6-4-3-5-15(16)23/h1,3-8,10-11H,9,12H2,(H,24,26). The Morgan fingerprint density at radius 1 is 1.30 bits per heavy atom. The lowest BCUT2D eigenvalue weighted by Gasteiger charge is -2.10. The number of nitrogens with one attached hydrogen (secondary N) is 1. The van der Waals surface area contributed by atoms with Crippen molar-refractivity contribution >= 4 is 52.2 Å². The van der Waals surface area contributed by atoms with Crippen LogP contribution in [-0.2, 0) is 9.59 Å². The van der Waals surface area contributed by atoms with Gasteiger partial charge in [0.25, 0.3) is 17.1 Å². The molecule has 2 aromatic rings. The summed E-state index contributed by atoms with van der Waals surface area (Å²) in [4.78, 5) is 37.2. The molecule has 0 bridgehead atoms. The van der Waals surface area contributed by atoms with Crippen molar-refractivity contribution in [2.75, 3.05) is 18.5 Å². The van der Waals surface area contributed by atoms with Gasteiger partial charge in [-0.3, -0.25) is 19.3 Å². The summed E-state index contributed by atoms with van der Waals surface area (Å²) in [6, 6.07) is 10.4. The van der Waals surface area contributed by atoms with Crippen molar-refractivity contribution < 1.29 is 23.5 Å². The highest BCUT2D eigenvalue weighted by molar-refractivity contribution is 8.18. The van der Waals surface area contributed by atoms with Gasteiger partial charge in [-0.2, -0.15) is 0 Å². The van der Waals surface area contributed by atoms with Crippen molar-refractivity contribution in [3.8, 4) is 18.1 Å². The molecule has 3 amide bonds. The van der Waals surface area contributed by atoms with Gasteiger partial charge in [0.05, 0.1) is 22.2 Å². The predicted molar refractivity (Wildman–Crippen MR) is 113 cm³/mol. The number of hydrogen-bond donors (Lipinski definition) is 1. The fraction of sp³-hybridized carbons (Fsp3) is 0.0952. The molecule has 1 N–H and O–H groups in total. The first kappa shape index (κ1) is 21.4. The van der Waals surface area contributed by atoms with Crippen LogP contribution >= 0.6 is 23.4 Å². The molecule has 0 unspecified atom stereocenters. The fourth-order valence-electron chi connectivity index (χ4n) is 2.50. The Morgan fingerprint density at radius 3 is 2.77 bits per heavy atom. The molecule has 152 valence electrons. The van der Waals surface area contributed by atoms with Gasteiger partial charge in [-0.15, -0.1) is 6.42 Å². The minimum absolute atomic E-state index is 0.0475. The van der Waals surface area contributed by atoms with Crippen molar-refractivity contribution in [2.24, 2.45) is 0 Å². The summed E-state index contributed by atoms with van der Waals surface area (Å²) in [5, 5.41) is 2.17. The number of anilines is 1. The van der Waals surface area contributed by atoms with Crippen LogP contribution in [0.25, 0.3) is 6.08 Å². The van der Waals surface area contributed by atoms with Gasteiger partial charge < -0.3 is 10.1 Å². The van der Waals surface area contributed by atoms with E-state index in [4.69, 9.17) is 22.8 Å². The van der Waals surface area contributed by atoms with Crippen LogP contribution in [0.2, 0.25) is 5.02 Å². The summed E-state index contributed by atoms with van der Waals surface area (Å²) in [5.74, 6) is 0.922. The highest BCUT2D eigenvalue weighted by Crippen LogP contribution is 2.33. The molecule has 1 saturated heterocycles. The number of ether oxygens (including phenoxy) is 1. The van der Waals surface area contributed by atoms with E-state index in [-0.39, 0.29) is 34.5 Å². The van der Waals surface area contributed by atoms with Gasteiger partial charge in [0.1, 0.15) is 11.6 Å². The lowest BCUT2D eigenvalue weighted by molar-refractivity contribution is -0.122. The van der Waals surface area contributed by atoms with Gasteiger partial charge >= 0.3 is 0 Å². The predicted octanol–water partition coefficient (Wildman–Crippen LogP) is 4.17. The number of thioether (sulfide) groups is 1. The Bertz CT molecular complexity index is 1100. The van der Waals surface area contributed by atoms with Crippen molar-refractivity contribution in [3.63, 3.8) is 0 Å². The number of para-hydroxylation sites is 1. The Morgan fingerprint density at radius 2 is 2.07 bits per heavy atom. The van der Waals surface area contributed by atoms with E-state index < -0.39 is 22.9 Å². The van der Waals surface area contributed by atoms with Crippen molar-refractivity contribution in [1.82, 2.24) is 4.90 Å². The molecule has 30 heavy (non-hydrogen) atoms. The van der Waals surface area contributed by atoms with Gasteiger partial charge in [0, 0.05) is 0 Å². The number of imide groups is 1. The first-order valence-electron chi connectivity index (χ1n) is 8.54. The van der Waals surface area contributed by atoms with E-state index in [0.717, 1.165) is 16.7 Å². The summed E-state index contributed by atoms with van der Waals surface area (Å²) in [5.41, 5.74) is 0.612. The Labute approximate surface area is 181 Å². The summed E-state index contributed by atoms with van der Waals surface area (Å²) in [6.45, 7) is -0.469. The largest absolute Gasteiger partial charge is 0.482 e. The molecule has 1 fully saturated rings. The Kier molecular flexibility index (Phi) is 6.77. The molecular weight excluding hydrogens is 431 g/mol. The molecule has 0 radical (unpaired) electrons. The number of halogens is 2. The van der Waals surface area contributed by atoms with Gasteiger partial charge in [0.15, 0.2) is 6.61 Å². The van der Waals surface area contributed by atoms with Crippen LogP contribution in [-0.4, -0.2) is 35.1 Å². The van der Waals surface area contributed by atoms with Crippen molar-refractivity contribution in [3.05, 3.63) is 63.8 Å². The minimum Gasteiger partial charge on any atom is -0.482 e. The molecule has 0 spiro atoms. The number of terminal acetylenes is 1. The number of hydrogen-bond acceptors (Lipinski definition) is 5. The van der Waals surface area contributed by atoms with E-state index in [1.807, 2.05) is 0 Å². The number of benzene rings is 2. The lowest BCUT2D eigenvalue weighted by Crippen LogP contribution is -2.28. The fourth-order valence-corrected chi connectivity index (χ4v) is 3.58. The number of carbonyl (C=O) groups excluding carboxylic acids is 3. The van der Waals surface area contributed by atoms with Gasteiger partial charge in [-0.25, -0.2) is 4.39 Å². The number of carbonyl (C=O) groups is 3. The monoisotopic (exact) mass is 444 g/mol. The SMILES string of the molecule is C#CCN1C(=O)SC(=Cc2ccc(OCC(=O)Nc3ccccc3F)c(Cl)c2)C1=O. The lowest BCUT2D eigenvalue weighted by atomic mass is 10.2. The van der Waals surface area contributed by atoms with E-state index in [2.05, 4.69) is 11.2 Å². The van der Waals surface area contributed by atoms with Crippen LogP contribution in [0.5, 0.6) is 5.75 Å². The quantitative estimate of drug-likeness (QED) is 0.534. The molecule has 1 aliphatic heterocycles. The average Bonchev–Trinajstić information content (AvgIpc) is 2.97. The zero-order valence-corrected chi connectivity index (χ0v) is 16.9. The third-order valence-electron chi connectivity index (χ3n) is 3.88. The molecule has 0 aromatic heterocycles. The third-order valence-corrected chi connectivity index (χ3v) is 5.09. The summed E-state index contributed by atoms with van der Waals surface area (Å²) < 4.78 is 18.9. The number of nitrogens with zero attached hydrogens (tertiary/aromatic N) is 1. The average molecular weight is 445 g/mol. The van der Waals surface area contributed by atoms with E-state index in [9.17, 15) is 18.8 Å². The third kappa shape index (κ3) is 5.00. The maximum absolute atomic E-state index is 13.6. The smallest absolute Gasteiger partial charge is 0.294 e. The van der Waals surface area contributed by atoms with E-state index >= 15 is 0 Å². The second kappa shape index (κ2) is 9.48. The molecular formula is C21H14ClFN2O4S. The Balaban J connectivity index is 1.64. The number of amides is 3. The molecule has 0 atom stereocenters. The van der Waals surface area contributed by atoms with E-state index in [0.29, 0.717) is 5.56 Å². The van der Waals surface area contributed by atoms with Gasteiger partial charge in [-0.1, -0.05) is 35.7 Å². The maximum atomic E-state index is 13.6. The van der Waals surface area contributed by atoms with Crippen LogP contribution in [0.3, 0.4) is 0 Å². The highest BCUT2D eigenvalue weighted by Gasteiger charge is 2.34. The molecule has 6 nitrogen and oxygen atoms in total. The zero-order valence-electron chi connectivity index (χ0n) is 15.4. The molecule has 3 rings (SSSR count). The molecule has 0 saturated carbocycles. The van der Waals surface area contributed by atoms with Gasteiger partial charge in [-0.05, 0) is 47.7 Å². The zero-order chi connectivity index (χ0) is 21.7. The topological polar surface area (TPSA) is 75.7 Å². The van der Waals surface area contributed by atoms with Crippen LogP contribution in [0.1, 0.15) is 5.56 Å². The molecule has 1 aliphatic rings. The summed E-state index contributed by atoms with van der Waals surface area (Å²) in [6.07, 6.45) is 6.68. The molecule has 9 heteroatoms. The molecule has 1 heterocycles. The van der Waals surface area contributed by atoms with Crippen molar-refractivity contribution in [2.45, 2.75) is 0 Å². The maximum Gasteiger partial charge on any atom is 0.294 e.